The Kier molecular flexibility index (Phi) is 7.43. The highest BCUT2D eigenvalue weighted by Gasteiger charge is 2.31. The summed E-state index contributed by atoms with van der Waals surface area (Å²) in [6.45, 7) is 11.4. The van der Waals surface area contributed by atoms with Gasteiger partial charge in [0.15, 0.2) is 6.10 Å². The number of carbonyl (C=O) groups excluding carboxylic acids is 2. The van der Waals surface area contributed by atoms with Gasteiger partial charge in [0.05, 0.1) is 6.54 Å². The topological polar surface area (TPSA) is 102 Å². The van der Waals surface area contributed by atoms with Crippen molar-refractivity contribution in [2.45, 2.75) is 72.3 Å². The van der Waals surface area contributed by atoms with E-state index in [0.29, 0.717) is 11.3 Å². The maximum Gasteiger partial charge on any atom is 0.420 e. The van der Waals surface area contributed by atoms with Gasteiger partial charge in [-0.3, -0.25) is 0 Å². The Labute approximate surface area is 165 Å². The van der Waals surface area contributed by atoms with Crippen LogP contribution in [0.5, 0.6) is 5.75 Å². The van der Waals surface area contributed by atoms with E-state index in [2.05, 4.69) is 0 Å². The van der Waals surface area contributed by atoms with Gasteiger partial charge in [0, 0.05) is 0 Å². The van der Waals surface area contributed by atoms with Crippen LogP contribution >= 0.6 is 0 Å². The third-order valence-corrected chi connectivity index (χ3v) is 3.13. The highest BCUT2D eigenvalue weighted by molar-refractivity contribution is 5.88. The van der Waals surface area contributed by atoms with Crippen LogP contribution in [0.4, 0.5) is 9.59 Å². The average molecular weight is 395 g/mol. The number of ether oxygens (including phenoxy) is 3. The van der Waals surface area contributed by atoms with Crippen molar-refractivity contribution in [3.8, 4) is 5.75 Å². The van der Waals surface area contributed by atoms with Gasteiger partial charge in [-0.25, -0.2) is 19.3 Å². The number of carbonyl (C=O) groups is 3. The predicted octanol–water partition coefficient (Wildman–Crippen LogP) is 4.21. The molecule has 0 radical (unpaired) electrons. The van der Waals surface area contributed by atoms with Crippen molar-refractivity contribution < 1.29 is 33.7 Å². The van der Waals surface area contributed by atoms with Crippen LogP contribution in [0.3, 0.4) is 0 Å². The van der Waals surface area contributed by atoms with E-state index in [4.69, 9.17) is 19.3 Å². The molecule has 0 aliphatic carbocycles. The number of nitrogens with zero attached hydrogens (tertiary/aromatic N) is 1. The molecule has 0 heterocycles. The minimum atomic E-state index is -1.10. The van der Waals surface area contributed by atoms with Gasteiger partial charge in [0.25, 0.3) is 0 Å². The van der Waals surface area contributed by atoms with Crippen LogP contribution in [0.1, 0.15) is 54.0 Å². The summed E-state index contributed by atoms with van der Waals surface area (Å²) in [5.74, 6) is -0.796. The molecule has 8 nitrogen and oxygen atoms in total. The SMILES string of the molecule is C[C@@H](Oc1cccc(CN(C(=O)OC(C)(C)C)C(=O)OC(C)(C)C)c1)C(=O)O. The highest BCUT2D eigenvalue weighted by atomic mass is 16.6. The number of carboxylic acids is 1. The summed E-state index contributed by atoms with van der Waals surface area (Å²) >= 11 is 0. The van der Waals surface area contributed by atoms with E-state index in [0.717, 1.165) is 4.90 Å². The Balaban J connectivity index is 3.07. The lowest BCUT2D eigenvalue weighted by molar-refractivity contribution is -0.144. The first-order valence-corrected chi connectivity index (χ1v) is 8.90. The number of rotatable bonds is 5. The zero-order valence-corrected chi connectivity index (χ0v) is 17.4. The number of imide groups is 1. The van der Waals surface area contributed by atoms with E-state index < -0.39 is 35.5 Å². The van der Waals surface area contributed by atoms with Crippen LogP contribution in [-0.4, -0.2) is 45.5 Å². The van der Waals surface area contributed by atoms with Gasteiger partial charge in [-0.1, -0.05) is 12.1 Å². The molecule has 1 rings (SSSR count). The van der Waals surface area contributed by atoms with E-state index in [-0.39, 0.29) is 6.54 Å². The lowest BCUT2D eigenvalue weighted by atomic mass is 10.2. The lowest BCUT2D eigenvalue weighted by Gasteiger charge is -2.28. The molecule has 0 saturated heterocycles. The van der Waals surface area contributed by atoms with Gasteiger partial charge in [-0.05, 0) is 66.2 Å². The molecule has 0 bridgehead atoms. The van der Waals surface area contributed by atoms with Crippen LogP contribution in [-0.2, 0) is 20.8 Å². The second-order valence-corrected chi connectivity index (χ2v) is 8.29. The third kappa shape index (κ3) is 8.28. The molecule has 2 amide bonds. The number of carboxylic acid groups (broad SMARTS) is 1. The van der Waals surface area contributed by atoms with E-state index in [1.165, 1.54) is 6.92 Å². The minimum absolute atomic E-state index is 0.123. The van der Waals surface area contributed by atoms with E-state index >= 15 is 0 Å². The van der Waals surface area contributed by atoms with Crippen molar-refractivity contribution >= 4 is 18.2 Å². The first kappa shape index (κ1) is 23.3. The van der Waals surface area contributed by atoms with Gasteiger partial charge in [-0.15, -0.1) is 0 Å². The first-order chi connectivity index (χ1) is 12.7. The van der Waals surface area contributed by atoms with Crippen molar-refractivity contribution in [2.24, 2.45) is 0 Å². The van der Waals surface area contributed by atoms with Crippen LogP contribution in [0.2, 0.25) is 0 Å². The molecule has 0 unspecified atom stereocenters. The predicted molar refractivity (Wildman–Crippen MR) is 102 cm³/mol. The molecule has 0 fully saturated rings. The van der Waals surface area contributed by atoms with Gasteiger partial charge >= 0.3 is 18.2 Å². The maximum absolute atomic E-state index is 12.5. The second-order valence-electron chi connectivity index (χ2n) is 8.29. The molecule has 0 aliphatic rings. The van der Waals surface area contributed by atoms with Gasteiger partial charge in [-0.2, -0.15) is 0 Å². The molecule has 156 valence electrons. The van der Waals surface area contributed by atoms with E-state index in [1.807, 2.05) is 0 Å². The van der Waals surface area contributed by atoms with Crippen molar-refractivity contribution in [3.05, 3.63) is 29.8 Å². The van der Waals surface area contributed by atoms with Crippen LogP contribution in [0, 0.1) is 0 Å². The first-order valence-electron chi connectivity index (χ1n) is 8.90. The smallest absolute Gasteiger partial charge is 0.420 e. The van der Waals surface area contributed by atoms with Crippen molar-refractivity contribution in [1.29, 1.82) is 0 Å². The highest BCUT2D eigenvalue weighted by Crippen LogP contribution is 2.20. The summed E-state index contributed by atoms with van der Waals surface area (Å²) in [4.78, 5) is 36.9. The summed E-state index contributed by atoms with van der Waals surface area (Å²) in [6, 6.07) is 6.47. The molecule has 0 aliphatic heterocycles. The molecule has 1 aromatic rings. The van der Waals surface area contributed by atoms with E-state index in [9.17, 15) is 14.4 Å². The molecule has 0 spiro atoms. The summed E-state index contributed by atoms with van der Waals surface area (Å²) in [5.41, 5.74) is -1.04. The fourth-order valence-electron chi connectivity index (χ4n) is 1.99. The number of benzene rings is 1. The summed E-state index contributed by atoms with van der Waals surface area (Å²) < 4.78 is 16.0. The number of hydrogen-bond donors (Lipinski definition) is 1. The average Bonchev–Trinajstić information content (AvgIpc) is 2.49. The maximum atomic E-state index is 12.5. The monoisotopic (exact) mass is 395 g/mol. The Morgan fingerprint density at radius 2 is 1.50 bits per heavy atom. The van der Waals surface area contributed by atoms with Crippen LogP contribution in [0.25, 0.3) is 0 Å². The molecule has 0 aromatic heterocycles. The molecular weight excluding hydrogens is 366 g/mol. The molecule has 0 saturated carbocycles. The normalized spacial score (nSPS) is 12.7. The molecule has 8 heteroatoms. The number of hydrogen-bond acceptors (Lipinski definition) is 6. The zero-order chi connectivity index (χ0) is 21.7. The summed E-state index contributed by atoms with van der Waals surface area (Å²) in [5, 5.41) is 8.96. The largest absolute Gasteiger partial charge is 0.479 e. The van der Waals surface area contributed by atoms with Crippen LogP contribution < -0.4 is 4.74 Å². The Hall–Kier alpha value is -2.77. The minimum Gasteiger partial charge on any atom is -0.479 e. The summed E-state index contributed by atoms with van der Waals surface area (Å²) in [6.07, 6.45) is -2.72. The summed E-state index contributed by atoms with van der Waals surface area (Å²) in [7, 11) is 0. The lowest BCUT2D eigenvalue weighted by Crippen LogP contribution is -2.43. The Bertz CT molecular complexity index is 688. The molecule has 28 heavy (non-hydrogen) atoms. The standard InChI is InChI=1S/C20H29NO7/c1-13(16(22)23)26-15-10-8-9-14(11-15)12-21(17(24)27-19(2,3)4)18(25)28-20(5,6)7/h8-11,13H,12H2,1-7H3,(H,22,23)/t13-/m1/s1. The molecule has 1 N–H and O–H groups in total. The molecule has 1 atom stereocenters. The van der Waals surface area contributed by atoms with Crippen molar-refractivity contribution in [3.63, 3.8) is 0 Å². The Morgan fingerprint density at radius 1 is 1.00 bits per heavy atom. The third-order valence-electron chi connectivity index (χ3n) is 3.13. The van der Waals surface area contributed by atoms with E-state index in [1.54, 1.807) is 65.8 Å². The fourth-order valence-corrected chi connectivity index (χ4v) is 1.99. The molecule has 1 aromatic carbocycles. The molecular formula is C20H29NO7. The second kappa shape index (κ2) is 8.95. The van der Waals surface area contributed by atoms with Gasteiger partial charge in [0.2, 0.25) is 0 Å². The zero-order valence-electron chi connectivity index (χ0n) is 17.4. The van der Waals surface area contributed by atoms with Crippen LogP contribution in [0.15, 0.2) is 24.3 Å². The number of aliphatic carboxylic acids is 1. The van der Waals surface area contributed by atoms with Gasteiger partial charge in [0.1, 0.15) is 17.0 Å². The quantitative estimate of drug-likeness (QED) is 0.796. The van der Waals surface area contributed by atoms with Crippen molar-refractivity contribution in [2.75, 3.05) is 0 Å². The van der Waals surface area contributed by atoms with Crippen molar-refractivity contribution in [1.82, 2.24) is 4.90 Å². The van der Waals surface area contributed by atoms with Gasteiger partial charge < -0.3 is 19.3 Å². The fraction of sp³-hybridized carbons (Fsp3) is 0.550. The Morgan fingerprint density at radius 3 is 1.93 bits per heavy atom. The number of amides is 2.